The highest BCUT2D eigenvalue weighted by molar-refractivity contribution is 5.69. The Bertz CT molecular complexity index is 547. The number of nitrogens with zero attached hydrogens (tertiary/aromatic N) is 4. The zero-order chi connectivity index (χ0) is 15.7. The van der Waals surface area contributed by atoms with Crippen molar-refractivity contribution in [2.75, 3.05) is 6.54 Å². The lowest BCUT2D eigenvalue weighted by molar-refractivity contribution is 0.0215. The largest absolute Gasteiger partial charge is 0.444 e. The summed E-state index contributed by atoms with van der Waals surface area (Å²) in [6, 6.07) is 0.00852. The summed E-state index contributed by atoms with van der Waals surface area (Å²) in [7, 11) is 0. The van der Waals surface area contributed by atoms with E-state index in [2.05, 4.69) is 14.8 Å². The lowest BCUT2D eigenvalue weighted by Gasteiger charge is -2.28. The van der Waals surface area contributed by atoms with Gasteiger partial charge in [0.15, 0.2) is 5.82 Å². The number of carbonyl (C=O) groups is 1. The number of likely N-dealkylation sites (tertiary alicyclic amines) is 1. The second kappa shape index (κ2) is 5.89. The summed E-state index contributed by atoms with van der Waals surface area (Å²) in [5, 5.41) is 8.78. The first-order valence-corrected chi connectivity index (χ1v) is 8.37. The maximum Gasteiger partial charge on any atom is 0.410 e. The minimum Gasteiger partial charge on any atom is -0.444 e. The molecule has 1 amide bonds. The van der Waals surface area contributed by atoms with Gasteiger partial charge >= 0.3 is 6.09 Å². The van der Waals surface area contributed by atoms with Crippen LogP contribution in [0.15, 0.2) is 0 Å². The van der Waals surface area contributed by atoms with E-state index < -0.39 is 5.60 Å². The van der Waals surface area contributed by atoms with Crippen LogP contribution < -0.4 is 0 Å². The second-order valence-electron chi connectivity index (χ2n) is 7.27. The summed E-state index contributed by atoms with van der Waals surface area (Å²) in [5.74, 6) is 2.02. The van der Waals surface area contributed by atoms with E-state index in [0.717, 1.165) is 50.4 Å². The Balaban J connectivity index is 1.82. The highest BCUT2D eigenvalue weighted by atomic mass is 16.6. The van der Waals surface area contributed by atoms with Gasteiger partial charge in [0, 0.05) is 19.5 Å². The van der Waals surface area contributed by atoms with Crippen LogP contribution in [0.3, 0.4) is 0 Å². The smallest absolute Gasteiger partial charge is 0.410 e. The minimum absolute atomic E-state index is 0.00852. The fourth-order valence-electron chi connectivity index (χ4n) is 3.33. The molecule has 122 valence electrons. The molecule has 1 aromatic rings. The van der Waals surface area contributed by atoms with Crippen LogP contribution >= 0.6 is 0 Å². The molecular formula is C16H26N4O2. The van der Waals surface area contributed by atoms with Crippen molar-refractivity contribution in [3.05, 3.63) is 11.6 Å². The predicted octanol–water partition coefficient (Wildman–Crippen LogP) is 3.08. The molecule has 0 aliphatic carbocycles. The molecule has 0 aromatic carbocycles. The van der Waals surface area contributed by atoms with Gasteiger partial charge in [-0.05, 0) is 46.5 Å². The van der Waals surface area contributed by atoms with E-state index >= 15 is 0 Å². The van der Waals surface area contributed by atoms with Crippen LogP contribution in [-0.2, 0) is 17.7 Å². The van der Waals surface area contributed by atoms with Crippen LogP contribution in [0.5, 0.6) is 0 Å². The molecule has 1 saturated heterocycles. The SMILES string of the molecule is CC(C)(C)OC(=O)N1CCC[C@@H]1c1nnc2n1CCCCC2. The van der Waals surface area contributed by atoms with E-state index in [1.807, 2.05) is 25.7 Å². The van der Waals surface area contributed by atoms with Crippen LogP contribution in [-0.4, -0.2) is 37.9 Å². The Morgan fingerprint density at radius 3 is 2.73 bits per heavy atom. The first-order chi connectivity index (χ1) is 10.5. The molecule has 22 heavy (non-hydrogen) atoms. The standard InChI is InChI=1S/C16H26N4O2/c1-16(2,3)22-15(21)19-11-7-8-12(19)14-18-17-13-9-5-4-6-10-20(13)14/h12H,4-11H2,1-3H3/t12-/m1/s1. The number of ether oxygens (including phenoxy) is 1. The number of aryl methyl sites for hydroxylation is 1. The average Bonchev–Trinajstić information content (AvgIpc) is 2.98. The Hall–Kier alpha value is -1.59. The number of aromatic nitrogens is 3. The third-order valence-corrected chi connectivity index (χ3v) is 4.32. The van der Waals surface area contributed by atoms with Crippen LogP contribution in [0.4, 0.5) is 4.79 Å². The van der Waals surface area contributed by atoms with Gasteiger partial charge in [0.05, 0.1) is 6.04 Å². The fourth-order valence-corrected chi connectivity index (χ4v) is 3.33. The van der Waals surface area contributed by atoms with Crippen molar-refractivity contribution in [3.8, 4) is 0 Å². The maximum absolute atomic E-state index is 12.4. The van der Waals surface area contributed by atoms with Gasteiger partial charge in [-0.2, -0.15) is 0 Å². The van der Waals surface area contributed by atoms with Gasteiger partial charge in [-0.15, -0.1) is 10.2 Å². The lowest BCUT2D eigenvalue weighted by atomic mass is 10.2. The molecule has 0 unspecified atom stereocenters. The summed E-state index contributed by atoms with van der Waals surface area (Å²) in [6.45, 7) is 7.41. The predicted molar refractivity (Wildman–Crippen MR) is 82.5 cm³/mol. The molecule has 6 nitrogen and oxygen atoms in total. The molecule has 0 N–H and O–H groups in total. The molecule has 3 rings (SSSR count). The monoisotopic (exact) mass is 306 g/mol. The first-order valence-electron chi connectivity index (χ1n) is 8.37. The van der Waals surface area contributed by atoms with Gasteiger partial charge in [-0.1, -0.05) is 6.42 Å². The molecule has 1 aromatic heterocycles. The summed E-state index contributed by atoms with van der Waals surface area (Å²) in [4.78, 5) is 14.3. The molecule has 0 bridgehead atoms. The Morgan fingerprint density at radius 1 is 1.14 bits per heavy atom. The minimum atomic E-state index is -0.466. The molecule has 2 aliphatic heterocycles. The number of carbonyl (C=O) groups excluding carboxylic acids is 1. The van der Waals surface area contributed by atoms with Crippen LogP contribution in [0.2, 0.25) is 0 Å². The molecular weight excluding hydrogens is 280 g/mol. The van der Waals surface area contributed by atoms with Crippen LogP contribution in [0.25, 0.3) is 0 Å². The van der Waals surface area contributed by atoms with Crippen molar-refractivity contribution in [1.29, 1.82) is 0 Å². The summed E-state index contributed by atoms with van der Waals surface area (Å²) < 4.78 is 7.78. The summed E-state index contributed by atoms with van der Waals surface area (Å²) >= 11 is 0. The van der Waals surface area contributed by atoms with E-state index in [1.165, 1.54) is 12.8 Å². The van der Waals surface area contributed by atoms with Crippen molar-refractivity contribution in [2.24, 2.45) is 0 Å². The van der Waals surface area contributed by atoms with Crippen molar-refractivity contribution >= 4 is 6.09 Å². The van der Waals surface area contributed by atoms with Crippen molar-refractivity contribution in [3.63, 3.8) is 0 Å². The summed E-state index contributed by atoms with van der Waals surface area (Å²) in [5.41, 5.74) is -0.466. The van der Waals surface area contributed by atoms with Crippen LogP contribution in [0.1, 0.15) is 70.6 Å². The summed E-state index contributed by atoms with van der Waals surface area (Å²) in [6.07, 6.45) is 6.27. The Labute approximate surface area is 131 Å². The van der Waals surface area contributed by atoms with E-state index in [-0.39, 0.29) is 12.1 Å². The Morgan fingerprint density at radius 2 is 1.95 bits per heavy atom. The van der Waals surface area contributed by atoms with Gasteiger partial charge in [-0.3, -0.25) is 4.90 Å². The van der Waals surface area contributed by atoms with E-state index in [1.54, 1.807) is 0 Å². The lowest BCUT2D eigenvalue weighted by Crippen LogP contribution is -2.37. The molecule has 0 saturated carbocycles. The van der Waals surface area contributed by atoms with Gasteiger partial charge in [0.25, 0.3) is 0 Å². The van der Waals surface area contributed by atoms with E-state index in [4.69, 9.17) is 4.74 Å². The number of rotatable bonds is 1. The zero-order valence-corrected chi connectivity index (χ0v) is 13.8. The number of amides is 1. The van der Waals surface area contributed by atoms with Crippen molar-refractivity contribution < 1.29 is 9.53 Å². The third kappa shape index (κ3) is 3.10. The van der Waals surface area contributed by atoms with Gasteiger partial charge in [-0.25, -0.2) is 4.79 Å². The topological polar surface area (TPSA) is 60.2 Å². The van der Waals surface area contributed by atoms with Crippen LogP contribution in [0, 0.1) is 0 Å². The Kier molecular flexibility index (Phi) is 4.10. The number of fused-ring (bicyclic) bond motifs is 1. The number of hydrogen-bond acceptors (Lipinski definition) is 4. The molecule has 0 spiro atoms. The maximum atomic E-state index is 12.4. The molecule has 1 atom stereocenters. The van der Waals surface area contributed by atoms with E-state index in [9.17, 15) is 4.79 Å². The molecule has 0 radical (unpaired) electrons. The second-order valence-corrected chi connectivity index (χ2v) is 7.27. The van der Waals surface area contributed by atoms with Gasteiger partial charge < -0.3 is 9.30 Å². The average molecular weight is 306 g/mol. The highest BCUT2D eigenvalue weighted by Gasteiger charge is 2.36. The fraction of sp³-hybridized carbons (Fsp3) is 0.812. The quantitative estimate of drug-likeness (QED) is 0.800. The molecule has 3 heterocycles. The normalized spacial score (nSPS) is 22.3. The van der Waals surface area contributed by atoms with Gasteiger partial charge in [0.2, 0.25) is 0 Å². The molecule has 2 aliphatic rings. The first kappa shape index (κ1) is 15.3. The van der Waals surface area contributed by atoms with Gasteiger partial charge in [0.1, 0.15) is 11.4 Å². The molecule has 1 fully saturated rings. The molecule has 6 heteroatoms. The van der Waals surface area contributed by atoms with E-state index in [0.29, 0.717) is 0 Å². The third-order valence-electron chi connectivity index (χ3n) is 4.32. The van der Waals surface area contributed by atoms with Crippen molar-refractivity contribution in [2.45, 2.75) is 77.5 Å². The van der Waals surface area contributed by atoms with Crippen molar-refractivity contribution in [1.82, 2.24) is 19.7 Å². The number of hydrogen-bond donors (Lipinski definition) is 0. The zero-order valence-electron chi connectivity index (χ0n) is 13.8. The highest BCUT2D eigenvalue weighted by Crippen LogP contribution is 2.33.